The molecule has 30 heavy (non-hydrogen) atoms. The Morgan fingerprint density at radius 1 is 1.17 bits per heavy atom. The van der Waals surface area contributed by atoms with Crippen LogP contribution in [0.1, 0.15) is 16.7 Å². The molecular weight excluding hydrogens is 412 g/mol. The van der Waals surface area contributed by atoms with Crippen LogP contribution in [0.5, 0.6) is 5.75 Å². The van der Waals surface area contributed by atoms with Crippen LogP contribution in [0.25, 0.3) is 5.69 Å². The van der Waals surface area contributed by atoms with Crippen LogP contribution in [-0.4, -0.2) is 50.4 Å². The molecule has 0 saturated carbocycles. The van der Waals surface area contributed by atoms with E-state index < -0.39 is 6.61 Å². The molecule has 7 nitrogen and oxygen atoms in total. The van der Waals surface area contributed by atoms with E-state index in [2.05, 4.69) is 20.3 Å². The Hall–Kier alpha value is -3.01. The molecule has 10 heteroatoms. The van der Waals surface area contributed by atoms with E-state index in [1.807, 2.05) is 32.0 Å². The van der Waals surface area contributed by atoms with Crippen LogP contribution in [0.2, 0.25) is 0 Å². The first-order valence-electron chi connectivity index (χ1n) is 9.10. The maximum Gasteiger partial charge on any atom is 0.387 e. The van der Waals surface area contributed by atoms with E-state index in [1.54, 1.807) is 28.8 Å². The van der Waals surface area contributed by atoms with Gasteiger partial charge >= 0.3 is 6.61 Å². The molecule has 0 aliphatic rings. The molecule has 0 spiro atoms. The molecule has 0 aliphatic heterocycles. The molecule has 0 saturated heterocycles. The summed E-state index contributed by atoms with van der Waals surface area (Å²) in [5.74, 6) is 0.132. The molecule has 0 radical (unpaired) electrons. The van der Waals surface area contributed by atoms with Gasteiger partial charge in [0.05, 0.1) is 11.4 Å². The van der Waals surface area contributed by atoms with Crippen LogP contribution in [0.4, 0.5) is 8.78 Å². The maximum absolute atomic E-state index is 12.5. The number of hydrogen-bond acceptors (Lipinski definition) is 6. The molecule has 0 N–H and O–H groups in total. The van der Waals surface area contributed by atoms with Crippen LogP contribution in [0, 0.1) is 13.8 Å². The van der Waals surface area contributed by atoms with Crippen molar-refractivity contribution in [3.05, 3.63) is 59.2 Å². The van der Waals surface area contributed by atoms with Crippen LogP contribution >= 0.6 is 11.8 Å². The van der Waals surface area contributed by atoms with E-state index in [4.69, 9.17) is 0 Å². The van der Waals surface area contributed by atoms with Gasteiger partial charge in [0.1, 0.15) is 5.75 Å². The number of thioether (sulfide) groups is 1. The van der Waals surface area contributed by atoms with Crippen molar-refractivity contribution < 1.29 is 18.3 Å². The highest BCUT2D eigenvalue weighted by Crippen LogP contribution is 2.21. The van der Waals surface area contributed by atoms with Crippen LogP contribution in [-0.2, 0) is 11.3 Å². The number of benzene rings is 2. The third kappa shape index (κ3) is 5.53. The van der Waals surface area contributed by atoms with Gasteiger partial charge in [-0.1, -0.05) is 30.0 Å². The van der Waals surface area contributed by atoms with E-state index in [0.717, 1.165) is 16.8 Å². The molecule has 3 aromatic rings. The lowest BCUT2D eigenvalue weighted by Crippen LogP contribution is -2.27. The molecule has 0 fully saturated rings. The number of aromatic nitrogens is 4. The second-order valence-corrected chi connectivity index (χ2v) is 7.65. The lowest BCUT2D eigenvalue weighted by atomic mass is 10.1. The van der Waals surface area contributed by atoms with Gasteiger partial charge < -0.3 is 9.64 Å². The van der Waals surface area contributed by atoms with Crippen LogP contribution in [0.15, 0.2) is 47.6 Å². The molecule has 158 valence electrons. The molecule has 0 atom stereocenters. The number of carbonyl (C=O) groups excluding carboxylic acids is 1. The number of rotatable bonds is 8. The quantitative estimate of drug-likeness (QED) is 0.505. The number of alkyl halides is 2. The predicted octanol–water partition coefficient (Wildman–Crippen LogP) is 3.63. The first-order valence-corrected chi connectivity index (χ1v) is 10.1. The van der Waals surface area contributed by atoms with Gasteiger partial charge in [0, 0.05) is 13.6 Å². The number of tetrazole rings is 1. The summed E-state index contributed by atoms with van der Waals surface area (Å²) in [5.41, 5.74) is 3.93. The Bertz CT molecular complexity index is 1010. The fourth-order valence-corrected chi connectivity index (χ4v) is 3.49. The highest BCUT2D eigenvalue weighted by molar-refractivity contribution is 7.99. The Balaban J connectivity index is 1.58. The summed E-state index contributed by atoms with van der Waals surface area (Å²) in [6.07, 6.45) is 0. The Morgan fingerprint density at radius 3 is 2.57 bits per heavy atom. The van der Waals surface area contributed by atoms with Crippen molar-refractivity contribution in [3.8, 4) is 11.4 Å². The van der Waals surface area contributed by atoms with Gasteiger partial charge in [-0.25, -0.2) is 0 Å². The minimum atomic E-state index is -2.86. The van der Waals surface area contributed by atoms with Crippen molar-refractivity contribution >= 4 is 17.7 Å². The van der Waals surface area contributed by atoms with Gasteiger partial charge in [0.25, 0.3) is 0 Å². The van der Waals surface area contributed by atoms with E-state index in [-0.39, 0.29) is 17.4 Å². The van der Waals surface area contributed by atoms with Crippen molar-refractivity contribution in [1.29, 1.82) is 0 Å². The summed E-state index contributed by atoms with van der Waals surface area (Å²) in [6, 6.07) is 12.1. The van der Waals surface area contributed by atoms with Crippen LogP contribution < -0.4 is 4.74 Å². The number of halogens is 2. The third-order valence-corrected chi connectivity index (χ3v) is 5.40. The molecule has 1 aromatic heterocycles. The zero-order valence-electron chi connectivity index (χ0n) is 16.7. The molecule has 0 unspecified atom stereocenters. The number of carbonyl (C=O) groups is 1. The zero-order valence-corrected chi connectivity index (χ0v) is 17.6. The van der Waals surface area contributed by atoms with Gasteiger partial charge in [-0.2, -0.15) is 13.5 Å². The maximum atomic E-state index is 12.5. The summed E-state index contributed by atoms with van der Waals surface area (Å²) in [5, 5.41) is 12.3. The summed E-state index contributed by atoms with van der Waals surface area (Å²) in [6.45, 7) is 1.52. The summed E-state index contributed by atoms with van der Waals surface area (Å²) in [4.78, 5) is 14.1. The topological polar surface area (TPSA) is 73.1 Å². The lowest BCUT2D eigenvalue weighted by Gasteiger charge is -2.17. The van der Waals surface area contributed by atoms with E-state index in [9.17, 15) is 13.6 Å². The average Bonchev–Trinajstić information content (AvgIpc) is 3.18. The minimum Gasteiger partial charge on any atom is -0.435 e. The first kappa shape index (κ1) is 21.7. The number of nitrogens with zero attached hydrogens (tertiary/aromatic N) is 5. The molecular formula is C20H21F2N5O2S. The highest BCUT2D eigenvalue weighted by Gasteiger charge is 2.15. The SMILES string of the molecule is Cc1ccc(-n2nnnc2SCC(=O)N(C)Cc2ccc(OC(F)F)cc2)cc1C. The summed E-state index contributed by atoms with van der Waals surface area (Å²) in [7, 11) is 1.68. The number of amides is 1. The van der Waals surface area contributed by atoms with Gasteiger partial charge in [-0.3, -0.25) is 4.79 Å². The molecule has 0 bridgehead atoms. The van der Waals surface area contributed by atoms with Crippen molar-refractivity contribution in [3.63, 3.8) is 0 Å². The van der Waals surface area contributed by atoms with Gasteiger partial charge in [0.2, 0.25) is 11.1 Å². The minimum absolute atomic E-state index is 0.0801. The molecule has 3 rings (SSSR count). The first-order chi connectivity index (χ1) is 14.3. The second kappa shape index (κ2) is 9.66. The summed E-state index contributed by atoms with van der Waals surface area (Å²) < 4.78 is 30.4. The average molecular weight is 433 g/mol. The van der Waals surface area contributed by atoms with Crippen LogP contribution in [0.3, 0.4) is 0 Å². The standard InChI is InChI=1S/C20H21F2N5O2S/c1-13-4-7-16(10-14(13)2)27-20(23-24-25-27)30-12-18(28)26(3)11-15-5-8-17(9-6-15)29-19(21)22/h4-10,19H,11-12H2,1-3H3. The fourth-order valence-electron chi connectivity index (χ4n) is 2.66. The van der Waals surface area contributed by atoms with E-state index in [0.29, 0.717) is 11.7 Å². The van der Waals surface area contributed by atoms with Gasteiger partial charge in [0.15, 0.2) is 0 Å². The zero-order chi connectivity index (χ0) is 21.7. The Morgan fingerprint density at radius 2 is 1.90 bits per heavy atom. The van der Waals surface area contributed by atoms with Gasteiger partial charge in [-0.15, -0.1) is 5.10 Å². The monoisotopic (exact) mass is 433 g/mol. The van der Waals surface area contributed by atoms with Crippen molar-refractivity contribution in [2.75, 3.05) is 12.8 Å². The lowest BCUT2D eigenvalue weighted by molar-refractivity contribution is -0.127. The third-order valence-electron chi connectivity index (χ3n) is 4.49. The molecule has 1 amide bonds. The van der Waals surface area contributed by atoms with E-state index >= 15 is 0 Å². The normalized spacial score (nSPS) is 11.0. The molecule has 2 aromatic carbocycles. The Kier molecular flexibility index (Phi) is 6.99. The van der Waals surface area contributed by atoms with Gasteiger partial charge in [-0.05, 0) is 65.2 Å². The van der Waals surface area contributed by atoms with E-state index in [1.165, 1.54) is 29.5 Å². The van der Waals surface area contributed by atoms with Crippen molar-refractivity contribution in [1.82, 2.24) is 25.1 Å². The highest BCUT2D eigenvalue weighted by atomic mass is 32.2. The number of hydrogen-bond donors (Lipinski definition) is 0. The fraction of sp³-hybridized carbons (Fsp3) is 0.300. The molecule has 1 heterocycles. The Labute approximate surface area is 177 Å². The number of aryl methyl sites for hydroxylation is 2. The smallest absolute Gasteiger partial charge is 0.387 e. The number of ether oxygens (including phenoxy) is 1. The second-order valence-electron chi connectivity index (χ2n) is 6.70. The summed E-state index contributed by atoms with van der Waals surface area (Å²) >= 11 is 1.25. The largest absolute Gasteiger partial charge is 0.435 e. The van der Waals surface area contributed by atoms with Crippen molar-refractivity contribution in [2.24, 2.45) is 0 Å². The van der Waals surface area contributed by atoms with Crippen molar-refractivity contribution in [2.45, 2.75) is 32.2 Å². The molecule has 0 aliphatic carbocycles. The predicted molar refractivity (Wildman–Crippen MR) is 109 cm³/mol.